The summed E-state index contributed by atoms with van der Waals surface area (Å²) in [6, 6.07) is 15.8. The number of hydrogen-bond acceptors (Lipinski definition) is 6. The molecule has 0 radical (unpaired) electrons. The molecule has 5 N–H and O–H groups in total. The van der Waals surface area contributed by atoms with Crippen LogP contribution in [0.3, 0.4) is 0 Å². The van der Waals surface area contributed by atoms with E-state index in [9.17, 15) is 33.9 Å². The molecule has 0 aliphatic carbocycles. The molecule has 0 aromatic heterocycles. The number of amides is 4. The summed E-state index contributed by atoms with van der Waals surface area (Å²) >= 11 is 0. The zero-order chi connectivity index (χ0) is 32.4. The van der Waals surface area contributed by atoms with Gasteiger partial charge in [-0.1, -0.05) is 80.9 Å². The SMILES string of the molecule is CC[C@H](C)[C@H](NC(=O)C(=O)C(C)(C)NC(=O)[C@H](Cc1ccccc1)NC(=O)Cc1ccccc1)C(=O)NC(C)(C)C(=O)O. The van der Waals surface area contributed by atoms with Gasteiger partial charge in [-0.2, -0.15) is 0 Å². The molecule has 0 spiro atoms. The van der Waals surface area contributed by atoms with Crippen molar-refractivity contribution in [1.29, 1.82) is 0 Å². The average molecular weight is 595 g/mol. The van der Waals surface area contributed by atoms with Crippen molar-refractivity contribution >= 4 is 35.4 Å². The zero-order valence-corrected chi connectivity index (χ0v) is 25.5. The van der Waals surface area contributed by atoms with Gasteiger partial charge in [0.05, 0.1) is 6.42 Å². The number of benzene rings is 2. The highest BCUT2D eigenvalue weighted by molar-refractivity contribution is 6.40. The van der Waals surface area contributed by atoms with Crippen LogP contribution in [-0.2, 0) is 41.6 Å². The first-order valence-electron chi connectivity index (χ1n) is 14.2. The molecule has 0 fully saturated rings. The third-order valence-corrected chi connectivity index (χ3v) is 7.10. The molecule has 43 heavy (non-hydrogen) atoms. The van der Waals surface area contributed by atoms with E-state index in [1.165, 1.54) is 27.7 Å². The van der Waals surface area contributed by atoms with Crippen molar-refractivity contribution in [3.8, 4) is 0 Å². The Kier molecular flexibility index (Phi) is 12.2. The number of hydrogen-bond donors (Lipinski definition) is 5. The summed E-state index contributed by atoms with van der Waals surface area (Å²) < 4.78 is 0. The highest BCUT2D eigenvalue weighted by Gasteiger charge is 2.40. The van der Waals surface area contributed by atoms with Crippen molar-refractivity contribution in [3.63, 3.8) is 0 Å². The number of Topliss-reactive ketones (excluding diaryl/α,β-unsaturated/α-hetero) is 1. The van der Waals surface area contributed by atoms with E-state index in [0.29, 0.717) is 6.42 Å². The van der Waals surface area contributed by atoms with E-state index in [-0.39, 0.29) is 12.8 Å². The summed E-state index contributed by atoms with van der Waals surface area (Å²) in [4.78, 5) is 77.1. The van der Waals surface area contributed by atoms with Crippen molar-refractivity contribution in [2.75, 3.05) is 0 Å². The highest BCUT2D eigenvalue weighted by Crippen LogP contribution is 2.13. The van der Waals surface area contributed by atoms with Crippen LogP contribution in [0.5, 0.6) is 0 Å². The first kappa shape index (κ1) is 34.7. The smallest absolute Gasteiger partial charge is 0.328 e. The third kappa shape index (κ3) is 10.4. The molecule has 232 valence electrons. The van der Waals surface area contributed by atoms with Crippen LogP contribution in [0.4, 0.5) is 0 Å². The van der Waals surface area contributed by atoms with Crippen LogP contribution in [0.2, 0.25) is 0 Å². The van der Waals surface area contributed by atoms with E-state index in [1.807, 2.05) is 12.1 Å². The fourth-order valence-corrected chi connectivity index (χ4v) is 4.17. The molecule has 0 saturated heterocycles. The summed E-state index contributed by atoms with van der Waals surface area (Å²) in [5, 5.41) is 19.5. The maximum Gasteiger partial charge on any atom is 0.328 e. The normalized spacial score (nSPS) is 13.5. The zero-order valence-electron chi connectivity index (χ0n) is 25.5. The van der Waals surface area contributed by atoms with E-state index < -0.39 is 64.5 Å². The van der Waals surface area contributed by atoms with E-state index in [4.69, 9.17) is 0 Å². The van der Waals surface area contributed by atoms with Crippen molar-refractivity contribution in [2.45, 2.75) is 84.0 Å². The highest BCUT2D eigenvalue weighted by atomic mass is 16.4. The Morgan fingerprint density at radius 1 is 0.744 bits per heavy atom. The van der Waals surface area contributed by atoms with Crippen molar-refractivity contribution in [1.82, 2.24) is 21.3 Å². The number of aliphatic carboxylic acids is 1. The molecule has 0 bridgehead atoms. The Balaban J connectivity index is 2.19. The Bertz CT molecular complexity index is 1310. The van der Waals surface area contributed by atoms with Crippen LogP contribution in [0.1, 0.15) is 59.1 Å². The molecule has 2 aromatic carbocycles. The van der Waals surface area contributed by atoms with Gasteiger partial charge < -0.3 is 26.4 Å². The van der Waals surface area contributed by atoms with Crippen molar-refractivity contribution < 1.29 is 33.9 Å². The summed E-state index contributed by atoms with van der Waals surface area (Å²) in [7, 11) is 0. The lowest BCUT2D eigenvalue weighted by Gasteiger charge is -2.30. The molecule has 4 amide bonds. The molecule has 0 saturated carbocycles. The second kappa shape index (κ2) is 15.1. The molecule has 0 unspecified atom stereocenters. The van der Waals surface area contributed by atoms with Gasteiger partial charge >= 0.3 is 5.97 Å². The van der Waals surface area contributed by atoms with E-state index in [0.717, 1.165) is 11.1 Å². The van der Waals surface area contributed by atoms with E-state index in [1.54, 1.807) is 62.4 Å². The average Bonchev–Trinajstić information content (AvgIpc) is 2.95. The summed E-state index contributed by atoms with van der Waals surface area (Å²) in [6.45, 7) is 8.77. The van der Waals surface area contributed by atoms with Gasteiger partial charge in [0.2, 0.25) is 23.5 Å². The molecule has 11 heteroatoms. The standard InChI is InChI=1S/C32H42N4O7/c1-7-20(2)25(28(40)36-32(5,6)30(42)43)34-29(41)26(38)31(3,4)35-27(39)23(18-21-14-10-8-11-15-21)33-24(37)19-22-16-12-9-13-17-22/h8-17,20,23,25H,7,18-19H2,1-6H3,(H,33,37)(H,34,41)(H,35,39)(H,36,40)(H,42,43)/t20-,23-,25-/m0/s1. The third-order valence-electron chi connectivity index (χ3n) is 7.10. The molecule has 0 aliphatic rings. The lowest BCUT2D eigenvalue weighted by Crippen LogP contribution is -2.62. The summed E-state index contributed by atoms with van der Waals surface area (Å²) in [6.07, 6.45) is 0.630. The molecule has 11 nitrogen and oxygen atoms in total. The molecule has 0 aliphatic heterocycles. The molecule has 2 rings (SSSR count). The van der Waals surface area contributed by atoms with Crippen LogP contribution < -0.4 is 21.3 Å². The van der Waals surface area contributed by atoms with Gasteiger partial charge in [-0.05, 0) is 44.7 Å². The number of rotatable bonds is 15. The van der Waals surface area contributed by atoms with Gasteiger partial charge in [0.25, 0.3) is 5.91 Å². The predicted molar refractivity (Wildman–Crippen MR) is 161 cm³/mol. The number of carbonyl (C=O) groups is 6. The summed E-state index contributed by atoms with van der Waals surface area (Å²) in [5.41, 5.74) is -1.78. The lowest BCUT2D eigenvalue weighted by atomic mass is 9.93. The number of carbonyl (C=O) groups excluding carboxylic acids is 5. The Morgan fingerprint density at radius 3 is 1.77 bits per heavy atom. The molecular formula is C32H42N4O7. The second-order valence-corrected chi connectivity index (χ2v) is 11.7. The van der Waals surface area contributed by atoms with Gasteiger partial charge in [0.15, 0.2) is 0 Å². The van der Waals surface area contributed by atoms with Crippen LogP contribution in [0, 0.1) is 5.92 Å². The molecule has 0 heterocycles. The number of ketones is 1. The largest absolute Gasteiger partial charge is 0.480 e. The Hall–Kier alpha value is -4.54. The van der Waals surface area contributed by atoms with Gasteiger partial charge in [0, 0.05) is 6.42 Å². The fourth-order valence-electron chi connectivity index (χ4n) is 4.17. The van der Waals surface area contributed by atoms with Crippen LogP contribution >= 0.6 is 0 Å². The van der Waals surface area contributed by atoms with E-state index >= 15 is 0 Å². The number of carboxylic acids is 1. The predicted octanol–water partition coefficient (Wildman–Crippen LogP) is 1.93. The van der Waals surface area contributed by atoms with Gasteiger partial charge in [-0.25, -0.2) is 4.79 Å². The minimum atomic E-state index is -1.71. The van der Waals surface area contributed by atoms with Crippen molar-refractivity contribution in [3.05, 3.63) is 71.8 Å². The van der Waals surface area contributed by atoms with Gasteiger partial charge in [0.1, 0.15) is 23.2 Å². The maximum atomic E-state index is 13.5. The lowest BCUT2D eigenvalue weighted by molar-refractivity contribution is -0.147. The molecular weight excluding hydrogens is 552 g/mol. The van der Waals surface area contributed by atoms with Crippen LogP contribution in [-0.4, -0.2) is 63.6 Å². The summed E-state index contributed by atoms with van der Waals surface area (Å²) in [5.74, 6) is -5.66. The quantitative estimate of drug-likeness (QED) is 0.196. The minimum Gasteiger partial charge on any atom is -0.480 e. The van der Waals surface area contributed by atoms with Crippen LogP contribution in [0.15, 0.2) is 60.7 Å². The number of nitrogens with one attached hydrogen (secondary N) is 4. The Labute approximate surface area is 252 Å². The molecule has 2 aromatic rings. The van der Waals surface area contributed by atoms with Gasteiger partial charge in [-0.15, -0.1) is 0 Å². The number of carboxylic acid groups (broad SMARTS) is 1. The Morgan fingerprint density at radius 2 is 1.26 bits per heavy atom. The second-order valence-electron chi connectivity index (χ2n) is 11.7. The van der Waals surface area contributed by atoms with E-state index in [2.05, 4.69) is 21.3 Å². The monoisotopic (exact) mass is 594 g/mol. The maximum absolute atomic E-state index is 13.5. The molecule has 3 atom stereocenters. The van der Waals surface area contributed by atoms with Gasteiger partial charge in [-0.3, -0.25) is 24.0 Å². The first-order valence-corrected chi connectivity index (χ1v) is 14.2. The fraction of sp³-hybridized carbons (Fsp3) is 0.438. The van der Waals surface area contributed by atoms with Crippen LogP contribution in [0.25, 0.3) is 0 Å². The topological polar surface area (TPSA) is 171 Å². The van der Waals surface area contributed by atoms with Crippen molar-refractivity contribution in [2.24, 2.45) is 5.92 Å². The first-order chi connectivity index (χ1) is 20.1. The minimum absolute atomic E-state index is 0.0435.